The van der Waals surface area contributed by atoms with Crippen LogP contribution in [-0.4, -0.2) is 34.5 Å². The fraction of sp³-hybridized carbons (Fsp3) is 0.368. The molecule has 0 aliphatic carbocycles. The summed E-state index contributed by atoms with van der Waals surface area (Å²) in [7, 11) is 0. The van der Waals surface area contributed by atoms with Crippen molar-refractivity contribution in [2.45, 2.75) is 18.9 Å². The molecule has 5 rings (SSSR count). The van der Waals surface area contributed by atoms with Crippen LogP contribution in [0.15, 0.2) is 41.2 Å². The first-order valence-corrected chi connectivity index (χ1v) is 9.23. The first kappa shape index (κ1) is 15.7. The van der Waals surface area contributed by atoms with Crippen LogP contribution < -0.4 is 20.3 Å². The van der Waals surface area contributed by atoms with Crippen LogP contribution in [0.5, 0.6) is 11.5 Å². The molecule has 6 nitrogen and oxygen atoms in total. The second-order valence-electron chi connectivity index (χ2n) is 7.10. The Hall–Kier alpha value is -2.54. The third kappa shape index (κ3) is 2.63. The van der Waals surface area contributed by atoms with Gasteiger partial charge in [-0.1, -0.05) is 6.07 Å². The zero-order valence-corrected chi connectivity index (χ0v) is 15.0. The Bertz CT molecular complexity index is 942. The van der Waals surface area contributed by atoms with Crippen LogP contribution in [0, 0.1) is 5.92 Å². The molecule has 0 amide bonds. The first-order chi connectivity index (χ1) is 12.7. The van der Waals surface area contributed by atoms with Gasteiger partial charge in [-0.15, -0.1) is 0 Å². The SMILES string of the molecule is O=c1cccc2n1C[C@@H]1C[C@H]2CN(C(=S)Nc2ccc3c(c2)OCO3)C1. The van der Waals surface area contributed by atoms with E-state index in [0.29, 0.717) is 16.9 Å². The lowest BCUT2D eigenvalue weighted by Crippen LogP contribution is -2.50. The average molecular weight is 369 g/mol. The van der Waals surface area contributed by atoms with Gasteiger partial charge < -0.3 is 24.3 Å². The number of thiocarbonyl (C=S) groups is 1. The van der Waals surface area contributed by atoms with Crippen LogP contribution in [-0.2, 0) is 6.54 Å². The first-order valence-electron chi connectivity index (χ1n) is 8.83. The number of anilines is 1. The van der Waals surface area contributed by atoms with Crippen molar-refractivity contribution in [2.24, 2.45) is 5.92 Å². The Labute approximate surface area is 156 Å². The number of nitrogens with one attached hydrogen (secondary N) is 1. The highest BCUT2D eigenvalue weighted by Gasteiger charge is 2.35. The van der Waals surface area contributed by atoms with Crippen molar-refractivity contribution in [3.05, 3.63) is 52.4 Å². The van der Waals surface area contributed by atoms with E-state index in [1.807, 2.05) is 28.8 Å². The molecule has 0 saturated carbocycles. The molecule has 2 bridgehead atoms. The topological polar surface area (TPSA) is 55.7 Å². The molecule has 7 heteroatoms. The van der Waals surface area contributed by atoms with Gasteiger partial charge in [-0.25, -0.2) is 0 Å². The molecule has 134 valence electrons. The average Bonchev–Trinajstić information content (AvgIpc) is 3.10. The van der Waals surface area contributed by atoms with E-state index in [2.05, 4.69) is 16.3 Å². The standard InChI is InChI=1S/C19H19N3O3S/c23-18-3-1-2-15-13-6-12(9-22(15)18)8-21(10-13)19(26)20-14-4-5-16-17(7-14)25-11-24-16/h1-5,7,12-13H,6,8-11H2,(H,20,26)/t12-,13+/m1/s1. The van der Waals surface area contributed by atoms with Crippen LogP contribution in [0.1, 0.15) is 18.0 Å². The van der Waals surface area contributed by atoms with E-state index in [1.54, 1.807) is 6.07 Å². The van der Waals surface area contributed by atoms with Crippen molar-refractivity contribution in [3.8, 4) is 11.5 Å². The molecule has 26 heavy (non-hydrogen) atoms. The molecule has 1 aromatic heterocycles. The number of hydrogen-bond donors (Lipinski definition) is 1. The summed E-state index contributed by atoms with van der Waals surface area (Å²) in [6, 6.07) is 11.3. The van der Waals surface area contributed by atoms with Crippen molar-refractivity contribution < 1.29 is 9.47 Å². The van der Waals surface area contributed by atoms with Gasteiger partial charge >= 0.3 is 0 Å². The number of rotatable bonds is 1. The maximum Gasteiger partial charge on any atom is 0.250 e. The lowest BCUT2D eigenvalue weighted by molar-refractivity contribution is 0.174. The van der Waals surface area contributed by atoms with Crippen molar-refractivity contribution in [1.82, 2.24) is 9.47 Å². The van der Waals surface area contributed by atoms with Crippen LogP contribution in [0.25, 0.3) is 0 Å². The summed E-state index contributed by atoms with van der Waals surface area (Å²) < 4.78 is 12.7. The number of ether oxygens (including phenoxy) is 2. The number of hydrogen-bond acceptors (Lipinski definition) is 4. The van der Waals surface area contributed by atoms with E-state index in [1.165, 1.54) is 0 Å². The zero-order valence-electron chi connectivity index (χ0n) is 14.2. The molecule has 2 atom stereocenters. The molecular weight excluding hydrogens is 350 g/mol. The molecule has 3 aliphatic rings. The van der Waals surface area contributed by atoms with E-state index in [0.717, 1.165) is 48.9 Å². The predicted molar refractivity (Wildman–Crippen MR) is 102 cm³/mol. The van der Waals surface area contributed by atoms with Gasteiger partial charge in [0.1, 0.15) is 0 Å². The molecule has 1 saturated heterocycles. The maximum absolute atomic E-state index is 12.1. The van der Waals surface area contributed by atoms with Gasteiger partial charge in [0, 0.05) is 49.1 Å². The van der Waals surface area contributed by atoms with E-state index < -0.39 is 0 Å². The summed E-state index contributed by atoms with van der Waals surface area (Å²) in [6.45, 7) is 2.73. The van der Waals surface area contributed by atoms with Gasteiger partial charge in [0.25, 0.3) is 5.56 Å². The molecular formula is C19H19N3O3S. The second kappa shape index (κ2) is 6.02. The molecule has 2 aromatic rings. The van der Waals surface area contributed by atoms with E-state index >= 15 is 0 Å². The van der Waals surface area contributed by atoms with E-state index in [9.17, 15) is 4.79 Å². The Morgan fingerprint density at radius 3 is 2.92 bits per heavy atom. The third-order valence-corrected chi connectivity index (χ3v) is 5.75. The molecule has 3 aliphatic heterocycles. The number of likely N-dealkylation sites (tertiary alicyclic amines) is 1. The molecule has 0 spiro atoms. The van der Waals surface area contributed by atoms with E-state index in [-0.39, 0.29) is 12.4 Å². The normalized spacial score (nSPS) is 22.7. The largest absolute Gasteiger partial charge is 0.454 e. The van der Waals surface area contributed by atoms with Crippen molar-refractivity contribution in [2.75, 3.05) is 25.2 Å². The number of piperidine rings is 1. The van der Waals surface area contributed by atoms with Crippen molar-refractivity contribution in [3.63, 3.8) is 0 Å². The van der Waals surface area contributed by atoms with Gasteiger partial charge in [-0.2, -0.15) is 0 Å². The van der Waals surface area contributed by atoms with Gasteiger partial charge in [0.05, 0.1) is 0 Å². The third-order valence-electron chi connectivity index (χ3n) is 5.39. The van der Waals surface area contributed by atoms with E-state index in [4.69, 9.17) is 21.7 Å². The second-order valence-corrected chi connectivity index (χ2v) is 7.49. The number of pyridine rings is 1. The highest BCUT2D eigenvalue weighted by Crippen LogP contribution is 2.36. The lowest BCUT2D eigenvalue weighted by Gasteiger charge is -2.43. The summed E-state index contributed by atoms with van der Waals surface area (Å²) in [5.41, 5.74) is 2.13. The van der Waals surface area contributed by atoms with Crippen LogP contribution in [0.4, 0.5) is 5.69 Å². The highest BCUT2D eigenvalue weighted by atomic mass is 32.1. The molecule has 1 N–H and O–H groups in total. The molecule has 0 unspecified atom stereocenters. The predicted octanol–water partition coefficient (Wildman–Crippen LogP) is 2.39. The monoisotopic (exact) mass is 369 g/mol. The molecule has 4 heterocycles. The molecule has 0 radical (unpaired) electrons. The Balaban J connectivity index is 1.34. The van der Waals surface area contributed by atoms with Crippen molar-refractivity contribution in [1.29, 1.82) is 0 Å². The fourth-order valence-corrected chi connectivity index (χ4v) is 4.51. The summed E-state index contributed by atoms with van der Waals surface area (Å²) in [5, 5.41) is 4.03. The highest BCUT2D eigenvalue weighted by molar-refractivity contribution is 7.80. The summed E-state index contributed by atoms with van der Waals surface area (Å²) >= 11 is 5.66. The van der Waals surface area contributed by atoms with Crippen molar-refractivity contribution >= 4 is 23.0 Å². The summed E-state index contributed by atoms with van der Waals surface area (Å²) in [4.78, 5) is 14.4. The quantitative estimate of drug-likeness (QED) is 0.779. The Morgan fingerprint density at radius 2 is 2.00 bits per heavy atom. The zero-order chi connectivity index (χ0) is 17.7. The number of benzene rings is 1. The summed E-state index contributed by atoms with van der Waals surface area (Å²) in [5.74, 6) is 2.28. The van der Waals surface area contributed by atoms with Crippen LogP contribution in [0.3, 0.4) is 0 Å². The van der Waals surface area contributed by atoms with Gasteiger partial charge in [0.15, 0.2) is 16.6 Å². The van der Waals surface area contributed by atoms with Crippen LogP contribution >= 0.6 is 12.2 Å². The smallest absolute Gasteiger partial charge is 0.250 e. The van der Waals surface area contributed by atoms with Gasteiger partial charge in [0.2, 0.25) is 6.79 Å². The Kier molecular flexibility index (Phi) is 3.63. The lowest BCUT2D eigenvalue weighted by atomic mass is 9.83. The van der Waals surface area contributed by atoms with Gasteiger partial charge in [-0.05, 0) is 42.8 Å². The molecule has 1 aromatic carbocycles. The molecule has 1 fully saturated rings. The minimum absolute atomic E-state index is 0.103. The summed E-state index contributed by atoms with van der Waals surface area (Å²) in [6.07, 6.45) is 1.12. The van der Waals surface area contributed by atoms with Gasteiger partial charge in [-0.3, -0.25) is 4.79 Å². The van der Waals surface area contributed by atoms with Crippen LogP contribution in [0.2, 0.25) is 0 Å². The number of fused-ring (bicyclic) bond motifs is 5. The maximum atomic E-state index is 12.1. The fourth-order valence-electron chi connectivity index (χ4n) is 4.24. The minimum Gasteiger partial charge on any atom is -0.454 e. The number of aromatic nitrogens is 1. The minimum atomic E-state index is 0.103. The number of nitrogens with zero attached hydrogens (tertiary/aromatic N) is 2. The Morgan fingerprint density at radius 1 is 1.12 bits per heavy atom.